The highest BCUT2D eigenvalue weighted by molar-refractivity contribution is 6.32. The Balaban J connectivity index is 1.63. The molecule has 0 atom stereocenters. The van der Waals surface area contributed by atoms with Crippen LogP contribution < -0.4 is 15.4 Å². The molecule has 118 valence electrons. The molecule has 0 aromatic heterocycles. The van der Waals surface area contributed by atoms with E-state index in [-0.39, 0.29) is 12.6 Å². The van der Waals surface area contributed by atoms with E-state index in [2.05, 4.69) is 15.4 Å². The van der Waals surface area contributed by atoms with E-state index < -0.39 is 24.5 Å². The van der Waals surface area contributed by atoms with Gasteiger partial charge < -0.3 is 14.8 Å². The number of rotatable bonds is 6. The lowest BCUT2D eigenvalue weighted by Crippen LogP contribution is -2.42. The summed E-state index contributed by atoms with van der Waals surface area (Å²) in [7, 11) is 0. The van der Waals surface area contributed by atoms with E-state index >= 15 is 0 Å². The smallest absolute Gasteiger partial charge is 0.344 e. The van der Waals surface area contributed by atoms with Crippen LogP contribution in [0.25, 0.3) is 0 Å². The lowest BCUT2D eigenvalue weighted by Gasteiger charge is -2.08. The van der Waals surface area contributed by atoms with Crippen LogP contribution in [-0.4, -0.2) is 37.2 Å². The van der Waals surface area contributed by atoms with Crippen molar-refractivity contribution in [2.75, 3.05) is 13.2 Å². The van der Waals surface area contributed by atoms with Gasteiger partial charge in [0.15, 0.2) is 13.2 Å². The molecule has 0 spiro atoms. The molecule has 0 aliphatic heterocycles. The minimum absolute atomic E-state index is 0.138. The average molecular weight is 327 g/mol. The summed E-state index contributed by atoms with van der Waals surface area (Å²) in [6.07, 6.45) is 1.83. The third kappa shape index (κ3) is 5.61. The number of imide groups is 1. The number of hydrogen-bond acceptors (Lipinski definition) is 5. The highest BCUT2D eigenvalue weighted by Gasteiger charge is 2.24. The van der Waals surface area contributed by atoms with E-state index in [9.17, 15) is 14.4 Å². The molecule has 7 nitrogen and oxygen atoms in total. The molecule has 0 radical (unpaired) electrons. The second-order valence-electron chi connectivity index (χ2n) is 4.68. The summed E-state index contributed by atoms with van der Waals surface area (Å²) in [6.45, 7) is -0.936. The zero-order valence-corrected chi connectivity index (χ0v) is 12.4. The van der Waals surface area contributed by atoms with E-state index in [1.54, 1.807) is 24.3 Å². The molecule has 1 saturated carbocycles. The van der Waals surface area contributed by atoms with Crippen LogP contribution in [0.2, 0.25) is 5.02 Å². The Morgan fingerprint density at radius 3 is 2.59 bits per heavy atom. The quantitative estimate of drug-likeness (QED) is 0.767. The SMILES string of the molecule is O=C(COC(=O)COc1ccccc1Cl)NC(=O)NC1CC1. The van der Waals surface area contributed by atoms with Crippen molar-refractivity contribution in [1.29, 1.82) is 0 Å². The number of carbonyl (C=O) groups excluding carboxylic acids is 3. The number of para-hydroxylation sites is 1. The Morgan fingerprint density at radius 2 is 1.91 bits per heavy atom. The first-order chi connectivity index (χ1) is 10.5. The van der Waals surface area contributed by atoms with Gasteiger partial charge in [0, 0.05) is 6.04 Å². The van der Waals surface area contributed by atoms with Gasteiger partial charge in [-0.15, -0.1) is 0 Å². The number of benzene rings is 1. The van der Waals surface area contributed by atoms with Crippen LogP contribution in [0.3, 0.4) is 0 Å². The summed E-state index contributed by atoms with van der Waals surface area (Å²) in [5.41, 5.74) is 0. The predicted molar refractivity (Wildman–Crippen MR) is 77.6 cm³/mol. The Bertz CT molecular complexity index is 574. The van der Waals surface area contributed by atoms with Gasteiger partial charge in [-0.1, -0.05) is 23.7 Å². The number of nitrogens with one attached hydrogen (secondary N) is 2. The third-order valence-corrected chi connectivity index (χ3v) is 3.02. The Morgan fingerprint density at radius 1 is 1.18 bits per heavy atom. The van der Waals surface area contributed by atoms with Crippen LogP contribution in [-0.2, 0) is 14.3 Å². The second-order valence-corrected chi connectivity index (χ2v) is 5.08. The Kier molecular flexibility index (Phi) is 5.60. The maximum atomic E-state index is 11.4. The molecule has 22 heavy (non-hydrogen) atoms. The van der Waals surface area contributed by atoms with Gasteiger partial charge in [-0.05, 0) is 25.0 Å². The summed E-state index contributed by atoms with van der Waals surface area (Å²) < 4.78 is 9.84. The highest BCUT2D eigenvalue weighted by Crippen LogP contribution is 2.22. The van der Waals surface area contributed by atoms with Gasteiger partial charge in [0.05, 0.1) is 5.02 Å². The van der Waals surface area contributed by atoms with Crippen molar-refractivity contribution in [3.05, 3.63) is 29.3 Å². The minimum atomic E-state index is -0.738. The van der Waals surface area contributed by atoms with Crippen molar-refractivity contribution in [1.82, 2.24) is 10.6 Å². The van der Waals surface area contributed by atoms with Crippen LogP contribution in [0.15, 0.2) is 24.3 Å². The molecule has 2 N–H and O–H groups in total. The van der Waals surface area contributed by atoms with Gasteiger partial charge in [-0.2, -0.15) is 0 Å². The zero-order chi connectivity index (χ0) is 15.9. The minimum Gasteiger partial charge on any atom is -0.480 e. The van der Waals surface area contributed by atoms with E-state index in [1.807, 2.05) is 0 Å². The summed E-state index contributed by atoms with van der Waals surface area (Å²) >= 11 is 5.85. The topological polar surface area (TPSA) is 93.7 Å². The van der Waals surface area contributed by atoms with Crippen molar-refractivity contribution >= 4 is 29.5 Å². The van der Waals surface area contributed by atoms with Crippen LogP contribution in [0.4, 0.5) is 4.79 Å². The van der Waals surface area contributed by atoms with Crippen LogP contribution in [0.1, 0.15) is 12.8 Å². The van der Waals surface area contributed by atoms with Crippen molar-refractivity contribution in [3.8, 4) is 5.75 Å². The summed E-state index contributed by atoms with van der Waals surface area (Å²) in [6, 6.07) is 6.21. The fraction of sp³-hybridized carbons (Fsp3) is 0.357. The fourth-order valence-corrected chi connectivity index (χ4v) is 1.69. The van der Waals surface area contributed by atoms with Gasteiger partial charge in [-0.25, -0.2) is 9.59 Å². The first kappa shape index (κ1) is 16.1. The largest absolute Gasteiger partial charge is 0.480 e. The van der Waals surface area contributed by atoms with Crippen molar-refractivity contribution < 1.29 is 23.9 Å². The number of halogens is 1. The lowest BCUT2D eigenvalue weighted by atomic mass is 10.3. The zero-order valence-electron chi connectivity index (χ0n) is 11.6. The molecular formula is C14H15ClN2O5. The standard InChI is InChI=1S/C14H15ClN2O5/c15-10-3-1-2-4-11(10)21-8-13(19)22-7-12(18)17-14(20)16-9-5-6-9/h1-4,9H,5-8H2,(H2,16,17,18,20). The van der Waals surface area contributed by atoms with Crippen LogP contribution in [0, 0.1) is 0 Å². The number of carbonyl (C=O) groups is 3. The molecule has 1 fully saturated rings. The Hall–Kier alpha value is -2.28. The molecule has 0 unspecified atom stereocenters. The van der Waals surface area contributed by atoms with Gasteiger partial charge in [0.2, 0.25) is 0 Å². The van der Waals surface area contributed by atoms with Gasteiger partial charge >= 0.3 is 12.0 Å². The van der Waals surface area contributed by atoms with E-state index in [1.165, 1.54) is 0 Å². The maximum Gasteiger partial charge on any atom is 0.344 e. The number of ether oxygens (including phenoxy) is 2. The molecule has 0 saturated heterocycles. The number of hydrogen-bond donors (Lipinski definition) is 2. The highest BCUT2D eigenvalue weighted by atomic mass is 35.5. The summed E-state index contributed by atoms with van der Waals surface area (Å²) in [5, 5.41) is 5.00. The number of urea groups is 1. The predicted octanol–water partition coefficient (Wildman–Crippen LogP) is 1.25. The molecule has 1 aliphatic rings. The third-order valence-electron chi connectivity index (χ3n) is 2.71. The van der Waals surface area contributed by atoms with Crippen molar-refractivity contribution in [2.24, 2.45) is 0 Å². The first-order valence-electron chi connectivity index (χ1n) is 6.68. The lowest BCUT2D eigenvalue weighted by molar-refractivity contribution is -0.150. The monoisotopic (exact) mass is 326 g/mol. The van der Waals surface area contributed by atoms with Crippen molar-refractivity contribution in [3.63, 3.8) is 0 Å². The van der Waals surface area contributed by atoms with Gasteiger partial charge in [-0.3, -0.25) is 10.1 Å². The molecule has 0 bridgehead atoms. The fourth-order valence-electron chi connectivity index (χ4n) is 1.50. The van der Waals surface area contributed by atoms with Gasteiger partial charge in [0.25, 0.3) is 5.91 Å². The van der Waals surface area contributed by atoms with Gasteiger partial charge in [0.1, 0.15) is 5.75 Å². The van der Waals surface area contributed by atoms with E-state index in [0.717, 1.165) is 12.8 Å². The molecule has 1 aromatic rings. The molecular weight excluding hydrogens is 312 g/mol. The normalized spacial score (nSPS) is 13.1. The van der Waals surface area contributed by atoms with E-state index in [4.69, 9.17) is 16.3 Å². The average Bonchev–Trinajstić information content (AvgIpc) is 3.28. The molecule has 0 heterocycles. The van der Waals surface area contributed by atoms with Crippen LogP contribution in [0.5, 0.6) is 5.75 Å². The number of esters is 1. The molecule has 1 aliphatic carbocycles. The number of amides is 3. The summed E-state index contributed by atoms with van der Waals surface area (Å²) in [5.74, 6) is -1.10. The van der Waals surface area contributed by atoms with Crippen molar-refractivity contribution in [2.45, 2.75) is 18.9 Å². The molecule has 2 rings (SSSR count). The molecule has 1 aromatic carbocycles. The Labute approximate surface area is 131 Å². The molecule has 3 amide bonds. The van der Waals surface area contributed by atoms with Crippen LogP contribution >= 0.6 is 11.6 Å². The first-order valence-corrected chi connectivity index (χ1v) is 7.05. The molecule has 8 heteroatoms. The summed E-state index contributed by atoms with van der Waals surface area (Å²) in [4.78, 5) is 34.1. The second kappa shape index (κ2) is 7.65. The maximum absolute atomic E-state index is 11.4. The van der Waals surface area contributed by atoms with E-state index in [0.29, 0.717) is 10.8 Å².